The van der Waals surface area contributed by atoms with Gasteiger partial charge >= 0.3 is 6.18 Å². The Labute approximate surface area is 151 Å². The fourth-order valence-corrected chi connectivity index (χ4v) is 2.91. The highest BCUT2D eigenvalue weighted by Gasteiger charge is 2.34. The molecule has 1 heterocycles. The van der Waals surface area contributed by atoms with E-state index in [1.165, 1.54) is 4.90 Å². The van der Waals surface area contributed by atoms with Crippen molar-refractivity contribution in [3.05, 3.63) is 23.8 Å². The quantitative estimate of drug-likeness (QED) is 0.589. The van der Waals surface area contributed by atoms with E-state index in [2.05, 4.69) is 15.6 Å². The molecule has 0 aliphatic carbocycles. The maximum Gasteiger partial charge on any atom is 0.401 e. The molecule has 1 saturated heterocycles. The van der Waals surface area contributed by atoms with Crippen molar-refractivity contribution in [1.29, 1.82) is 0 Å². The van der Waals surface area contributed by atoms with Crippen molar-refractivity contribution in [3.63, 3.8) is 0 Å². The van der Waals surface area contributed by atoms with Gasteiger partial charge in [-0.25, -0.2) is 0 Å². The highest BCUT2D eigenvalue weighted by atomic mass is 19.4. The molecule has 1 aromatic carbocycles. The molecule has 2 N–H and O–H groups in total. The highest BCUT2D eigenvalue weighted by Crippen LogP contribution is 2.27. The zero-order valence-electron chi connectivity index (χ0n) is 15.2. The first-order valence-corrected chi connectivity index (χ1v) is 8.32. The Bertz CT molecular complexity index is 623. The van der Waals surface area contributed by atoms with Crippen molar-refractivity contribution >= 4 is 5.96 Å². The topological polar surface area (TPSA) is 58.1 Å². The van der Waals surface area contributed by atoms with Gasteiger partial charge in [-0.2, -0.15) is 13.2 Å². The zero-order valence-corrected chi connectivity index (χ0v) is 15.2. The summed E-state index contributed by atoms with van der Waals surface area (Å²) in [7, 11) is 4.78. The Morgan fingerprint density at radius 2 is 2.00 bits per heavy atom. The van der Waals surface area contributed by atoms with Gasteiger partial charge in [-0.05, 0) is 24.1 Å². The number of guanidine groups is 1. The summed E-state index contributed by atoms with van der Waals surface area (Å²) in [5.41, 5.74) is 0.968. The molecule has 0 aromatic heterocycles. The Kier molecular flexibility index (Phi) is 6.96. The second kappa shape index (κ2) is 8.98. The normalized spacial score (nSPS) is 18.7. The summed E-state index contributed by atoms with van der Waals surface area (Å²) in [5.74, 6) is 1.83. The summed E-state index contributed by atoms with van der Waals surface area (Å²) in [4.78, 5) is 5.54. The molecule has 0 bridgehead atoms. The minimum atomic E-state index is -4.16. The van der Waals surface area contributed by atoms with E-state index in [0.717, 1.165) is 5.56 Å². The van der Waals surface area contributed by atoms with Crippen LogP contribution in [-0.2, 0) is 6.54 Å². The number of nitrogens with zero attached hydrogens (tertiary/aromatic N) is 2. The largest absolute Gasteiger partial charge is 0.493 e. The van der Waals surface area contributed by atoms with Gasteiger partial charge in [0.2, 0.25) is 0 Å². The zero-order chi connectivity index (χ0) is 19.2. The number of hydrogen-bond donors (Lipinski definition) is 2. The molecule has 9 heteroatoms. The van der Waals surface area contributed by atoms with E-state index in [1.807, 2.05) is 18.2 Å². The van der Waals surface area contributed by atoms with Crippen LogP contribution in [0, 0.1) is 0 Å². The van der Waals surface area contributed by atoms with Gasteiger partial charge in [0, 0.05) is 32.7 Å². The van der Waals surface area contributed by atoms with Gasteiger partial charge in [0.05, 0.1) is 20.8 Å². The molecule has 0 amide bonds. The van der Waals surface area contributed by atoms with E-state index < -0.39 is 12.7 Å². The number of alkyl halides is 3. The van der Waals surface area contributed by atoms with Crippen molar-refractivity contribution < 1.29 is 22.6 Å². The van der Waals surface area contributed by atoms with Crippen molar-refractivity contribution in [1.82, 2.24) is 15.5 Å². The monoisotopic (exact) mass is 374 g/mol. The summed E-state index contributed by atoms with van der Waals surface area (Å²) in [5, 5.41) is 6.34. The lowest BCUT2D eigenvalue weighted by Gasteiger charge is -2.20. The van der Waals surface area contributed by atoms with Gasteiger partial charge in [0.15, 0.2) is 17.5 Å². The Hall–Kier alpha value is -2.16. The number of rotatable bonds is 6. The van der Waals surface area contributed by atoms with Crippen LogP contribution in [0.25, 0.3) is 0 Å². The smallest absolute Gasteiger partial charge is 0.401 e. The fraction of sp³-hybridized carbons (Fsp3) is 0.588. The molecule has 0 spiro atoms. The third kappa shape index (κ3) is 5.98. The van der Waals surface area contributed by atoms with Crippen LogP contribution in [0.5, 0.6) is 11.5 Å². The molecule has 1 atom stereocenters. The SMILES string of the molecule is CN=C(NCc1ccc(OC)c(OC)c1)NC1CCN(CC(F)(F)F)C1. The van der Waals surface area contributed by atoms with E-state index in [1.54, 1.807) is 21.3 Å². The molecule has 2 rings (SSSR count). The number of benzene rings is 1. The fourth-order valence-electron chi connectivity index (χ4n) is 2.91. The minimum Gasteiger partial charge on any atom is -0.493 e. The van der Waals surface area contributed by atoms with E-state index in [0.29, 0.717) is 43.5 Å². The van der Waals surface area contributed by atoms with Crippen LogP contribution in [0.15, 0.2) is 23.2 Å². The summed E-state index contributed by atoms with van der Waals surface area (Å²) < 4.78 is 47.9. The molecule has 1 aliphatic heterocycles. The van der Waals surface area contributed by atoms with Crippen molar-refractivity contribution in [2.24, 2.45) is 4.99 Å². The minimum absolute atomic E-state index is 0.0612. The molecule has 0 radical (unpaired) electrons. The molecule has 1 unspecified atom stereocenters. The lowest BCUT2D eigenvalue weighted by Crippen LogP contribution is -2.44. The van der Waals surface area contributed by atoms with E-state index in [9.17, 15) is 13.2 Å². The molecular weight excluding hydrogens is 349 g/mol. The third-order valence-electron chi connectivity index (χ3n) is 4.15. The van der Waals surface area contributed by atoms with Crippen LogP contribution >= 0.6 is 0 Å². The van der Waals surface area contributed by atoms with Gasteiger partial charge in [-0.15, -0.1) is 0 Å². The molecule has 1 fully saturated rings. The molecule has 146 valence electrons. The predicted octanol–water partition coefficient (Wildman–Crippen LogP) is 2.01. The van der Waals surface area contributed by atoms with Gasteiger partial charge in [-0.1, -0.05) is 6.07 Å². The number of nitrogens with one attached hydrogen (secondary N) is 2. The number of halogens is 3. The molecule has 1 aromatic rings. The summed E-state index contributed by atoms with van der Waals surface area (Å²) >= 11 is 0. The standard InChI is InChI=1S/C17H25F3N4O2/c1-21-16(23-13-6-7-24(10-13)11-17(18,19)20)22-9-12-4-5-14(25-2)15(8-12)26-3/h4-5,8,13H,6-7,9-11H2,1-3H3,(H2,21,22,23). The lowest BCUT2D eigenvalue weighted by molar-refractivity contribution is -0.143. The van der Waals surface area contributed by atoms with Crippen LogP contribution in [0.4, 0.5) is 13.2 Å². The van der Waals surface area contributed by atoms with Crippen LogP contribution in [-0.4, -0.2) is 64.0 Å². The predicted molar refractivity (Wildman–Crippen MR) is 93.8 cm³/mol. The van der Waals surface area contributed by atoms with Gasteiger partial charge < -0.3 is 20.1 Å². The van der Waals surface area contributed by atoms with Crippen molar-refractivity contribution in [2.75, 3.05) is 40.9 Å². The molecular formula is C17H25F3N4O2. The van der Waals surface area contributed by atoms with E-state index in [4.69, 9.17) is 9.47 Å². The Balaban J connectivity index is 1.85. The maximum atomic E-state index is 12.5. The van der Waals surface area contributed by atoms with Crippen LogP contribution in [0.2, 0.25) is 0 Å². The summed E-state index contributed by atoms with van der Waals surface area (Å²) in [6.45, 7) is 0.391. The second-order valence-electron chi connectivity index (χ2n) is 6.10. The van der Waals surface area contributed by atoms with E-state index >= 15 is 0 Å². The van der Waals surface area contributed by atoms with Gasteiger partial charge in [0.1, 0.15) is 0 Å². The van der Waals surface area contributed by atoms with Crippen LogP contribution in [0.1, 0.15) is 12.0 Å². The number of methoxy groups -OCH3 is 2. The Morgan fingerprint density at radius 1 is 1.27 bits per heavy atom. The number of likely N-dealkylation sites (tertiary alicyclic amines) is 1. The van der Waals surface area contributed by atoms with Crippen molar-refractivity contribution in [2.45, 2.75) is 25.2 Å². The maximum absolute atomic E-state index is 12.5. The highest BCUT2D eigenvalue weighted by molar-refractivity contribution is 5.80. The first-order chi connectivity index (χ1) is 12.3. The number of hydrogen-bond acceptors (Lipinski definition) is 4. The lowest BCUT2D eigenvalue weighted by atomic mass is 10.2. The molecule has 1 aliphatic rings. The van der Waals surface area contributed by atoms with Crippen LogP contribution < -0.4 is 20.1 Å². The summed E-state index contributed by atoms with van der Waals surface area (Å²) in [6.07, 6.45) is -3.52. The average molecular weight is 374 g/mol. The van der Waals surface area contributed by atoms with E-state index in [-0.39, 0.29) is 6.04 Å². The molecule has 26 heavy (non-hydrogen) atoms. The van der Waals surface area contributed by atoms with Crippen LogP contribution in [0.3, 0.4) is 0 Å². The molecule has 6 nitrogen and oxygen atoms in total. The second-order valence-corrected chi connectivity index (χ2v) is 6.10. The summed E-state index contributed by atoms with van der Waals surface area (Å²) in [6, 6.07) is 5.52. The first kappa shape index (κ1) is 20.2. The first-order valence-electron chi connectivity index (χ1n) is 8.32. The van der Waals surface area contributed by atoms with Crippen molar-refractivity contribution in [3.8, 4) is 11.5 Å². The van der Waals surface area contributed by atoms with Gasteiger partial charge in [-0.3, -0.25) is 9.89 Å². The molecule has 0 saturated carbocycles. The Morgan fingerprint density at radius 3 is 2.62 bits per heavy atom. The third-order valence-corrected chi connectivity index (χ3v) is 4.15. The van der Waals surface area contributed by atoms with Gasteiger partial charge in [0.25, 0.3) is 0 Å². The average Bonchev–Trinajstić information content (AvgIpc) is 3.03. The number of ether oxygens (including phenoxy) is 2. The number of aliphatic imine (C=N–C) groups is 1.